The molecule has 0 amide bonds. The average molecular weight is 452 g/mol. The number of fused-ring (bicyclic) bond motifs is 1. The summed E-state index contributed by atoms with van der Waals surface area (Å²) in [5.41, 5.74) is 7.16. The van der Waals surface area contributed by atoms with Crippen molar-refractivity contribution in [2.75, 3.05) is 11.9 Å². The molecule has 0 bridgehead atoms. The fourth-order valence-corrected chi connectivity index (χ4v) is 3.47. The molecule has 8 heteroatoms. The molecule has 0 aliphatic rings. The summed E-state index contributed by atoms with van der Waals surface area (Å²) < 4.78 is 39.5. The zero-order valence-corrected chi connectivity index (χ0v) is 17.9. The highest BCUT2D eigenvalue weighted by Gasteiger charge is 2.30. The Hall–Kier alpha value is -3.65. The molecule has 4 rings (SSSR count). The molecule has 5 nitrogen and oxygen atoms in total. The maximum atomic E-state index is 13.2. The highest BCUT2D eigenvalue weighted by Crippen LogP contribution is 2.36. The lowest BCUT2D eigenvalue weighted by Gasteiger charge is -2.15. The van der Waals surface area contributed by atoms with Gasteiger partial charge in [0.05, 0.1) is 16.6 Å². The van der Waals surface area contributed by atoms with E-state index in [2.05, 4.69) is 15.3 Å². The van der Waals surface area contributed by atoms with Gasteiger partial charge in [-0.3, -0.25) is 0 Å². The van der Waals surface area contributed by atoms with Gasteiger partial charge in [-0.05, 0) is 53.9 Å². The molecule has 0 saturated heterocycles. The first-order valence-electron chi connectivity index (χ1n) is 10.5. The van der Waals surface area contributed by atoms with Gasteiger partial charge in [-0.2, -0.15) is 13.2 Å². The number of aromatic nitrogens is 2. The van der Waals surface area contributed by atoms with Crippen molar-refractivity contribution in [3.05, 3.63) is 72.3 Å². The van der Waals surface area contributed by atoms with Gasteiger partial charge >= 0.3 is 6.18 Å². The van der Waals surface area contributed by atoms with Crippen LogP contribution in [0.5, 0.6) is 5.75 Å². The van der Waals surface area contributed by atoms with Gasteiger partial charge in [-0.25, -0.2) is 9.97 Å². The zero-order valence-electron chi connectivity index (χ0n) is 17.9. The number of hydrogen-bond donors (Lipinski definition) is 3. The highest BCUT2D eigenvalue weighted by molar-refractivity contribution is 5.91. The number of alkyl halides is 3. The van der Waals surface area contributed by atoms with Gasteiger partial charge in [0.25, 0.3) is 0 Å². The van der Waals surface area contributed by atoms with Crippen LogP contribution >= 0.6 is 0 Å². The number of aromatic hydroxyl groups is 1. The summed E-state index contributed by atoms with van der Waals surface area (Å²) in [6.45, 7) is 2.50. The molecule has 0 spiro atoms. The number of benzene rings is 3. The van der Waals surface area contributed by atoms with Crippen LogP contribution in [-0.2, 0) is 6.18 Å². The molecule has 0 aliphatic heterocycles. The molecule has 4 aromatic rings. The van der Waals surface area contributed by atoms with E-state index in [1.807, 2.05) is 31.2 Å². The van der Waals surface area contributed by atoms with Crippen molar-refractivity contribution in [1.82, 2.24) is 9.97 Å². The van der Waals surface area contributed by atoms with Crippen LogP contribution in [0.2, 0.25) is 0 Å². The van der Waals surface area contributed by atoms with E-state index in [0.717, 1.165) is 23.9 Å². The van der Waals surface area contributed by atoms with Crippen molar-refractivity contribution in [3.8, 4) is 28.3 Å². The lowest BCUT2D eigenvalue weighted by molar-refractivity contribution is -0.137. The lowest BCUT2D eigenvalue weighted by atomic mass is 10.00. The number of hydrogen-bond acceptors (Lipinski definition) is 5. The molecule has 0 radical (unpaired) electrons. The third-order valence-electron chi connectivity index (χ3n) is 5.42. The van der Waals surface area contributed by atoms with E-state index in [1.165, 1.54) is 12.1 Å². The van der Waals surface area contributed by atoms with E-state index in [0.29, 0.717) is 34.6 Å². The van der Waals surface area contributed by atoms with E-state index < -0.39 is 11.7 Å². The maximum Gasteiger partial charge on any atom is 0.416 e. The second-order valence-corrected chi connectivity index (χ2v) is 7.77. The molecular weight excluding hydrogens is 429 g/mol. The van der Waals surface area contributed by atoms with Gasteiger partial charge in [0.1, 0.15) is 11.6 Å². The largest absolute Gasteiger partial charge is 0.507 e. The number of nitrogens with zero attached hydrogens (tertiary/aromatic N) is 2. The van der Waals surface area contributed by atoms with Crippen LogP contribution < -0.4 is 11.1 Å². The first-order valence-corrected chi connectivity index (χ1v) is 10.5. The van der Waals surface area contributed by atoms with Gasteiger partial charge in [0.15, 0.2) is 5.82 Å². The van der Waals surface area contributed by atoms with Gasteiger partial charge in [-0.1, -0.05) is 37.3 Å². The van der Waals surface area contributed by atoms with Crippen LogP contribution in [0.4, 0.5) is 19.0 Å². The number of rotatable bonds is 6. The minimum atomic E-state index is -4.45. The molecule has 33 heavy (non-hydrogen) atoms. The monoisotopic (exact) mass is 452 g/mol. The molecule has 4 N–H and O–H groups in total. The zero-order chi connectivity index (χ0) is 23.6. The quantitative estimate of drug-likeness (QED) is 0.342. The molecule has 1 heterocycles. The van der Waals surface area contributed by atoms with Crippen molar-refractivity contribution in [3.63, 3.8) is 0 Å². The summed E-state index contributed by atoms with van der Waals surface area (Å²) in [7, 11) is 0. The van der Waals surface area contributed by atoms with Gasteiger partial charge in [0, 0.05) is 18.0 Å². The van der Waals surface area contributed by atoms with E-state index >= 15 is 0 Å². The molecule has 170 valence electrons. The third-order valence-corrected chi connectivity index (χ3v) is 5.42. The topological polar surface area (TPSA) is 84.1 Å². The summed E-state index contributed by atoms with van der Waals surface area (Å²) in [5.74, 6) is 0.758. The van der Waals surface area contributed by atoms with Crippen molar-refractivity contribution in [2.45, 2.75) is 25.6 Å². The Morgan fingerprint density at radius 1 is 0.970 bits per heavy atom. The summed E-state index contributed by atoms with van der Waals surface area (Å²) in [6, 6.07) is 17.0. The Morgan fingerprint density at radius 3 is 2.48 bits per heavy atom. The SMILES string of the molecule is CCC(N)CNc1nc(-c2cc(-c3cccc(C(F)(F)F)c3)ccc2O)nc2ccccc12. The second-order valence-electron chi connectivity index (χ2n) is 7.77. The Bertz CT molecular complexity index is 1290. The molecule has 1 unspecified atom stereocenters. The van der Waals surface area contributed by atoms with Crippen molar-refractivity contribution in [1.29, 1.82) is 0 Å². The fraction of sp³-hybridized carbons (Fsp3) is 0.200. The number of halogens is 3. The van der Waals surface area contributed by atoms with Gasteiger partial charge in [0.2, 0.25) is 0 Å². The molecule has 0 saturated carbocycles. The summed E-state index contributed by atoms with van der Waals surface area (Å²) in [5, 5.41) is 14.6. The number of phenols is 1. The van der Waals surface area contributed by atoms with Crippen molar-refractivity contribution < 1.29 is 18.3 Å². The normalized spacial score (nSPS) is 12.6. The Morgan fingerprint density at radius 2 is 1.73 bits per heavy atom. The first kappa shape index (κ1) is 22.5. The summed E-state index contributed by atoms with van der Waals surface area (Å²) in [4.78, 5) is 9.20. The average Bonchev–Trinajstić information content (AvgIpc) is 2.82. The fourth-order valence-electron chi connectivity index (χ4n) is 3.47. The Balaban J connectivity index is 1.80. The summed E-state index contributed by atoms with van der Waals surface area (Å²) >= 11 is 0. The van der Waals surface area contributed by atoms with Crippen molar-refractivity contribution >= 4 is 16.7 Å². The highest BCUT2D eigenvalue weighted by atomic mass is 19.4. The third kappa shape index (κ3) is 4.90. The lowest BCUT2D eigenvalue weighted by Crippen LogP contribution is -2.28. The minimum absolute atomic E-state index is 0.0557. The molecule has 0 fully saturated rings. The maximum absolute atomic E-state index is 13.2. The smallest absolute Gasteiger partial charge is 0.416 e. The Labute approximate surface area is 189 Å². The van der Waals surface area contributed by atoms with Gasteiger partial charge < -0.3 is 16.2 Å². The molecule has 3 aromatic carbocycles. The number of anilines is 1. The van der Waals surface area contributed by atoms with E-state index in [-0.39, 0.29) is 17.6 Å². The summed E-state index contributed by atoms with van der Waals surface area (Å²) in [6.07, 6.45) is -3.65. The molecular formula is C25H23F3N4O. The molecule has 1 aromatic heterocycles. The first-order chi connectivity index (χ1) is 15.8. The van der Waals surface area contributed by atoms with Crippen LogP contribution in [-0.4, -0.2) is 27.7 Å². The number of phenolic OH excluding ortho intramolecular Hbond substituents is 1. The molecule has 0 aliphatic carbocycles. The number of para-hydroxylation sites is 1. The van der Waals surface area contributed by atoms with E-state index in [9.17, 15) is 18.3 Å². The van der Waals surface area contributed by atoms with Crippen LogP contribution in [0.1, 0.15) is 18.9 Å². The predicted molar refractivity (Wildman–Crippen MR) is 124 cm³/mol. The predicted octanol–water partition coefficient (Wildman–Crippen LogP) is 5.84. The van der Waals surface area contributed by atoms with Gasteiger partial charge in [-0.15, -0.1) is 0 Å². The standard InChI is InChI=1S/C25H23F3N4O/c1-2-18(29)14-30-23-19-8-3-4-9-21(19)31-24(32-23)20-13-16(10-11-22(20)33)15-6-5-7-17(12-15)25(26,27)28/h3-13,18,33H,2,14,29H2,1H3,(H,30,31,32). The van der Waals surface area contributed by atoms with Crippen LogP contribution in [0.25, 0.3) is 33.4 Å². The minimum Gasteiger partial charge on any atom is -0.507 e. The number of nitrogens with two attached hydrogens (primary N) is 1. The van der Waals surface area contributed by atoms with Crippen LogP contribution in [0.15, 0.2) is 66.7 Å². The Kier molecular flexibility index (Phi) is 6.20. The molecule has 1 atom stereocenters. The van der Waals surface area contributed by atoms with E-state index in [4.69, 9.17) is 5.73 Å². The van der Waals surface area contributed by atoms with Crippen LogP contribution in [0.3, 0.4) is 0 Å². The van der Waals surface area contributed by atoms with Crippen molar-refractivity contribution in [2.24, 2.45) is 5.73 Å². The second kappa shape index (κ2) is 9.07. The van der Waals surface area contributed by atoms with E-state index in [1.54, 1.807) is 18.2 Å². The van der Waals surface area contributed by atoms with Crippen LogP contribution in [0, 0.1) is 0 Å². The number of nitrogens with one attached hydrogen (secondary N) is 1.